The molecule has 224 valence electrons. The molecule has 41 heavy (non-hydrogen) atoms. The monoisotopic (exact) mass is 603 g/mol. The predicted octanol–water partition coefficient (Wildman–Crippen LogP) is 6.67. The van der Waals surface area contributed by atoms with E-state index in [0.717, 1.165) is 43.5 Å². The van der Waals surface area contributed by atoms with Crippen molar-refractivity contribution in [1.82, 2.24) is 14.7 Å². The number of hydrogen-bond acceptors (Lipinski definition) is 5. The van der Waals surface area contributed by atoms with Crippen LogP contribution in [0.25, 0.3) is 0 Å². The maximum atomic E-state index is 13.7. The van der Waals surface area contributed by atoms with Gasteiger partial charge in [0.15, 0.2) is 0 Å². The molecule has 0 saturated carbocycles. The number of ether oxygens (including phenoxy) is 2. The average Bonchev–Trinajstić information content (AvgIpc) is 2.93. The van der Waals surface area contributed by atoms with Crippen molar-refractivity contribution in [1.29, 1.82) is 0 Å². The fourth-order valence-corrected chi connectivity index (χ4v) is 6.11. The highest BCUT2D eigenvalue weighted by Gasteiger charge is 2.36. The van der Waals surface area contributed by atoms with Gasteiger partial charge < -0.3 is 19.3 Å². The zero-order chi connectivity index (χ0) is 29.6. The fourth-order valence-electron chi connectivity index (χ4n) is 5.86. The number of amides is 2. The molecule has 0 radical (unpaired) electrons. The lowest BCUT2D eigenvalue weighted by atomic mass is 9.92. The summed E-state index contributed by atoms with van der Waals surface area (Å²) >= 11 is 12.4. The van der Waals surface area contributed by atoms with Gasteiger partial charge in [0, 0.05) is 68.9 Å². The molecule has 2 fully saturated rings. The van der Waals surface area contributed by atoms with Gasteiger partial charge in [-0.1, -0.05) is 47.5 Å². The molecule has 0 aromatic heterocycles. The van der Waals surface area contributed by atoms with E-state index in [9.17, 15) is 9.59 Å². The largest absolute Gasteiger partial charge is 0.444 e. The van der Waals surface area contributed by atoms with Crippen molar-refractivity contribution in [2.45, 2.75) is 64.1 Å². The molecule has 0 N–H and O–H groups in total. The number of rotatable bonds is 8. The number of piperazine rings is 1. The number of methoxy groups -OCH3 is 1. The molecule has 2 aliphatic heterocycles. The van der Waals surface area contributed by atoms with Gasteiger partial charge in [-0.05, 0) is 81.3 Å². The van der Waals surface area contributed by atoms with Gasteiger partial charge >= 0.3 is 6.09 Å². The van der Waals surface area contributed by atoms with E-state index in [4.69, 9.17) is 32.7 Å². The molecule has 0 bridgehead atoms. The van der Waals surface area contributed by atoms with E-state index in [0.29, 0.717) is 42.7 Å². The summed E-state index contributed by atoms with van der Waals surface area (Å²) in [5, 5.41) is 1.41. The van der Waals surface area contributed by atoms with E-state index in [1.807, 2.05) is 45.0 Å². The van der Waals surface area contributed by atoms with Crippen LogP contribution in [-0.2, 0) is 14.3 Å². The Kier molecular flexibility index (Phi) is 11.0. The van der Waals surface area contributed by atoms with Crippen molar-refractivity contribution in [3.05, 3.63) is 69.7 Å². The molecular formula is C32H43Cl2N3O4. The molecule has 2 saturated heterocycles. The molecule has 4 rings (SSSR count). The van der Waals surface area contributed by atoms with Crippen LogP contribution in [-0.4, -0.2) is 84.8 Å². The van der Waals surface area contributed by atoms with Crippen LogP contribution in [0, 0.1) is 5.92 Å². The van der Waals surface area contributed by atoms with E-state index in [1.165, 1.54) is 0 Å². The van der Waals surface area contributed by atoms with E-state index < -0.39 is 5.60 Å². The Bertz CT molecular complexity index is 1100. The highest BCUT2D eigenvalue weighted by atomic mass is 35.5. The van der Waals surface area contributed by atoms with E-state index in [1.54, 1.807) is 12.0 Å². The Hall–Kier alpha value is -2.32. The standard InChI is InChI=1S/C32H43Cl2N3O4/c1-32(2,3)41-31(39)35-16-13-23(14-17-35)21-29(38)37-19-18-36(22-28(37)15-20-40-4)30(24-5-9-26(33)10-6-24)25-7-11-27(34)12-8-25/h5-12,23,28,30H,13-22H2,1-4H3/t28-/m0/s1. The Balaban J connectivity index is 1.43. The molecule has 1 atom stereocenters. The van der Waals surface area contributed by atoms with Gasteiger partial charge in [-0.3, -0.25) is 9.69 Å². The second-order valence-corrected chi connectivity index (χ2v) is 13.0. The minimum absolute atomic E-state index is 0.0176. The summed E-state index contributed by atoms with van der Waals surface area (Å²) in [5.74, 6) is 0.453. The summed E-state index contributed by atoms with van der Waals surface area (Å²) in [6.07, 6.45) is 2.62. The number of piperidine rings is 1. The summed E-state index contributed by atoms with van der Waals surface area (Å²) in [6.45, 7) is 9.61. The maximum absolute atomic E-state index is 13.7. The first-order chi connectivity index (χ1) is 19.5. The van der Waals surface area contributed by atoms with Crippen molar-refractivity contribution in [2.75, 3.05) is 46.4 Å². The summed E-state index contributed by atoms with van der Waals surface area (Å²) in [5.41, 5.74) is 1.79. The molecule has 0 unspecified atom stereocenters. The van der Waals surface area contributed by atoms with Gasteiger partial charge in [0.2, 0.25) is 5.91 Å². The third-order valence-electron chi connectivity index (χ3n) is 7.96. The molecule has 7 nitrogen and oxygen atoms in total. The van der Waals surface area contributed by atoms with Gasteiger partial charge in [-0.2, -0.15) is 0 Å². The Morgan fingerprint density at radius 3 is 1.98 bits per heavy atom. The number of halogens is 2. The van der Waals surface area contributed by atoms with Gasteiger partial charge in [0.1, 0.15) is 5.60 Å². The molecule has 0 aliphatic carbocycles. The normalized spacial score (nSPS) is 19.0. The maximum Gasteiger partial charge on any atom is 0.410 e. The molecule has 2 aliphatic rings. The molecule has 2 amide bonds. The summed E-state index contributed by atoms with van der Waals surface area (Å²) < 4.78 is 11.0. The summed E-state index contributed by atoms with van der Waals surface area (Å²) in [6, 6.07) is 16.1. The van der Waals surface area contributed by atoms with Crippen LogP contribution in [0.5, 0.6) is 0 Å². The van der Waals surface area contributed by atoms with E-state index >= 15 is 0 Å². The fraction of sp³-hybridized carbons (Fsp3) is 0.562. The number of carbonyl (C=O) groups excluding carboxylic acids is 2. The van der Waals surface area contributed by atoms with Crippen molar-refractivity contribution in [2.24, 2.45) is 5.92 Å². The summed E-state index contributed by atoms with van der Waals surface area (Å²) in [7, 11) is 1.70. The third kappa shape index (κ3) is 8.84. The molecule has 2 aromatic rings. The smallest absolute Gasteiger partial charge is 0.410 e. The van der Waals surface area contributed by atoms with Crippen LogP contribution >= 0.6 is 23.2 Å². The van der Waals surface area contributed by atoms with Crippen molar-refractivity contribution >= 4 is 35.2 Å². The van der Waals surface area contributed by atoms with Crippen LogP contribution in [0.2, 0.25) is 10.0 Å². The first-order valence-electron chi connectivity index (χ1n) is 14.6. The highest BCUT2D eigenvalue weighted by Crippen LogP contribution is 2.33. The number of carbonyl (C=O) groups is 2. The van der Waals surface area contributed by atoms with Gasteiger partial charge in [0.25, 0.3) is 0 Å². The Morgan fingerprint density at radius 2 is 1.46 bits per heavy atom. The van der Waals surface area contributed by atoms with Gasteiger partial charge in [0.05, 0.1) is 6.04 Å². The van der Waals surface area contributed by atoms with Crippen LogP contribution in [0.4, 0.5) is 4.79 Å². The number of benzene rings is 2. The molecule has 2 heterocycles. The van der Waals surface area contributed by atoms with Crippen LogP contribution in [0.1, 0.15) is 63.6 Å². The second kappa shape index (κ2) is 14.2. The van der Waals surface area contributed by atoms with Gasteiger partial charge in [-0.15, -0.1) is 0 Å². The highest BCUT2D eigenvalue weighted by molar-refractivity contribution is 6.30. The lowest BCUT2D eigenvalue weighted by Crippen LogP contribution is -2.56. The van der Waals surface area contributed by atoms with Crippen LogP contribution in [0.15, 0.2) is 48.5 Å². The number of nitrogens with zero attached hydrogens (tertiary/aromatic N) is 3. The minimum Gasteiger partial charge on any atom is -0.444 e. The average molecular weight is 605 g/mol. The molecular weight excluding hydrogens is 561 g/mol. The molecule has 0 spiro atoms. The van der Waals surface area contributed by atoms with Crippen molar-refractivity contribution in [3.63, 3.8) is 0 Å². The van der Waals surface area contributed by atoms with Crippen molar-refractivity contribution < 1.29 is 19.1 Å². The second-order valence-electron chi connectivity index (χ2n) is 12.1. The van der Waals surface area contributed by atoms with Crippen molar-refractivity contribution in [3.8, 4) is 0 Å². The number of likely N-dealkylation sites (tertiary alicyclic amines) is 1. The van der Waals surface area contributed by atoms with Crippen LogP contribution < -0.4 is 0 Å². The van der Waals surface area contributed by atoms with Crippen LogP contribution in [0.3, 0.4) is 0 Å². The number of hydrogen-bond donors (Lipinski definition) is 0. The molecule has 9 heteroatoms. The first-order valence-corrected chi connectivity index (χ1v) is 15.3. The Morgan fingerprint density at radius 1 is 0.902 bits per heavy atom. The lowest BCUT2D eigenvalue weighted by Gasteiger charge is -2.45. The van der Waals surface area contributed by atoms with E-state index in [-0.39, 0.29) is 30.0 Å². The Labute approximate surface area is 254 Å². The third-order valence-corrected chi connectivity index (χ3v) is 8.46. The first kappa shape index (κ1) is 31.6. The summed E-state index contributed by atoms with van der Waals surface area (Å²) in [4.78, 5) is 32.4. The molecule has 2 aromatic carbocycles. The zero-order valence-corrected chi connectivity index (χ0v) is 26.2. The topological polar surface area (TPSA) is 62.3 Å². The lowest BCUT2D eigenvalue weighted by molar-refractivity contribution is -0.138. The quantitative estimate of drug-likeness (QED) is 0.337. The zero-order valence-electron chi connectivity index (χ0n) is 24.7. The van der Waals surface area contributed by atoms with E-state index in [2.05, 4.69) is 34.1 Å². The SMILES string of the molecule is COCC[C@H]1CN(C(c2ccc(Cl)cc2)c2ccc(Cl)cc2)CCN1C(=O)CC1CCN(C(=O)OC(C)(C)C)CC1. The minimum atomic E-state index is -0.511. The predicted molar refractivity (Wildman–Crippen MR) is 163 cm³/mol. The van der Waals surface area contributed by atoms with Gasteiger partial charge in [-0.25, -0.2) is 4.79 Å².